The molecular formula is C17H34N2O. The second-order valence-corrected chi connectivity index (χ2v) is 8.30. The van der Waals surface area contributed by atoms with Crippen LogP contribution >= 0.6 is 0 Å². The first-order valence-electron chi connectivity index (χ1n) is 8.10. The van der Waals surface area contributed by atoms with Crippen molar-refractivity contribution in [2.24, 2.45) is 23.2 Å². The van der Waals surface area contributed by atoms with E-state index in [0.717, 1.165) is 13.0 Å². The van der Waals surface area contributed by atoms with Crippen LogP contribution in [0.3, 0.4) is 0 Å². The maximum Gasteiger partial charge on any atom is 0.241 e. The molecule has 1 rings (SSSR count). The maximum atomic E-state index is 12.7. The van der Waals surface area contributed by atoms with Gasteiger partial charge in [0.25, 0.3) is 0 Å². The second-order valence-electron chi connectivity index (χ2n) is 8.30. The van der Waals surface area contributed by atoms with Crippen molar-refractivity contribution in [2.75, 3.05) is 6.54 Å². The number of rotatable bonds is 5. The lowest BCUT2D eigenvalue weighted by Gasteiger charge is -2.35. The third-order valence-corrected chi connectivity index (χ3v) is 4.58. The molecule has 20 heavy (non-hydrogen) atoms. The van der Waals surface area contributed by atoms with Gasteiger partial charge in [0.1, 0.15) is 0 Å². The van der Waals surface area contributed by atoms with Crippen LogP contribution in [0.1, 0.15) is 61.8 Å². The van der Waals surface area contributed by atoms with E-state index >= 15 is 0 Å². The number of hydrogen-bond donors (Lipinski definition) is 1. The standard InChI is InChI=1S/C17H34N2O/c1-11(2)9-14-16(20)19(15(18-14)12(3)4)10-13(5)17(6,7)8/h11-15,18H,9-10H2,1-8H3. The number of hydrogen-bond acceptors (Lipinski definition) is 2. The van der Waals surface area contributed by atoms with Crippen molar-refractivity contribution in [3.8, 4) is 0 Å². The monoisotopic (exact) mass is 282 g/mol. The van der Waals surface area contributed by atoms with E-state index < -0.39 is 0 Å². The minimum absolute atomic E-state index is 0.00886. The third kappa shape index (κ3) is 4.21. The van der Waals surface area contributed by atoms with Gasteiger partial charge < -0.3 is 4.90 Å². The molecule has 1 aliphatic rings. The van der Waals surface area contributed by atoms with Crippen LogP contribution in [0.2, 0.25) is 0 Å². The average molecular weight is 282 g/mol. The van der Waals surface area contributed by atoms with Gasteiger partial charge in [-0.2, -0.15) is 0 Å². The van der Waals surface area contributed by atoms with Crippen LogP contribution in [0.15, 0.2) is 0 Å². The maximum absolute atomic E-state index is 12.7. The summed E-state index contributed by atoms with van der Waals surface area (Å²) in [5.74, 6) is 1.79. The molecule has 3 nitrogen and oxygen atoms in total. The SMILES string of the molecule is CC(C)CC1NC(C(C)C)N(CC(C)C(C)(C)C)C1=O. The third-order valence-electron chi connectivity index (χ3n) is 4.58. The van der Waals surface area contributed by atoms with Crippen molar-refractivity contribution in [3.63, 3.8) is 0 Å². The summed E-state index contributed by atoms with van der Waals surface area (Å²) in [4.78, 5) is 14.8. The van der Waals surface area contributed by atoms with Crippen LogP contribution in [0.5, 0.6) is 0 Å². The van der Waals surface area contributed by atoms with Gasteiger partial charge in [0.15, 0.2) is 0 Å². The summed E-state index contributed by atoms with van der Waals surface area (Å²) in [7, 11) is 0. The van der Waals surface area contributed by atoms with E-state index in [0.29, 0.717) is 23.7 Å². The lowest BCUT2D eigenvalue weighted by Crippen LogP contribution is -2.45. The van der Waals surface area contributed by atoms with Crippen molar-refractivity contribution in [1.82, 2.24) is 10.2 Å². The Morgan fingerprint density at radius 3 is 2.10 bits per heavy atom. The Bertz CT molecular complexity index is 330. The van der Waals surface area contributed by atoms with Crippen molar-refractivity contribution >= 4 is 5.91 Å². The smallest absolute Gasteiger partial charge is 0.241 e. The molecule has 118 valence electrons. The van der Waals surface area contributed by atoms with Crippen molar-refractivity contribution < 1.29 is 4.79 Å². The van der Waals surface area contributed by atoms with Crippen LogP contribution < -0.4 is 5.32 Å². The Hall–Kier alpha value is -0.570. The zero-order chi connectivity index (χ0) is 15.7. The van der Waals surface area contributed by atoms with Crippen molar-refractivity contribution in [3.05, 3.63) is 0 Å². The Morgan fingerprint density at radius 1 is 1.15 bits per heavy atom. The number of carbonyl (C=O) groups is 1. The fourth-order valence-corrected chi connectivity index (χ4v) is 2.67. The van der Waals surface area contributed by atoms with Crippen molar-refractivity contribution in [1.29, 1.82) is 0 Å². The molecule has 0 saturated carbocycles. The topological polar surface area (TPSA) is 32.3 Å². The average Bonchev–Trinajstić information content (AvgIpc) is 2.56. The molecule has 3 heteroatoms. The molecule has 3 unspecified atom stereocenters. The van der Waals surface area contributed by atoms with Crippen molar-refractivity contribution in [2.45, 2.75) is 74.0 Å². The van der Waals surface area contributed by atoms with Gasteiger partial charge in [-0.05, 0) is 29.6 Å². The number of amides is 1. The zero-order valence-electron chi connectivity index (χ0n) is 14.7. The predicted octanol–water partition coefficient (Wildman–Crippen LogP) is 3.50. The number of carbonyl (C=O) groups excluding carboxylic acids is 1. The Labute approximate surface area is 125 Å². The largest absolute Gasteiger partial charge is 0.325 e. The minimum atomic E-state index is 0.00886. The molecule has 0 aliphatic carbocycles. The first kappa shape index (κ1) is 17.5. The molecule has 0 aromatic heterocycles. The summed E-state index contributed by atoms with van der Waals surface area (Å²) in [6.45, 7) is 18.6. The van der Waals surface area contributed by atoms with Gasteiger partial charge in [0.2, 0.25) is 5.91 Å². The van der Waals surface area contributed by atoms with Crippen LogP contribution in [-0.2, 0) is 4.79 Å². The van der Waals surface area contributed by atoms with Crippen LogP contribution in [-0.4, -0.2) is 29.6 Å². The highest BCUT2D eigenvalue weighted by Crippen LogP contribution is 2.29. The Kier molecular flexibility index (Phi) is 5.65. The highest BCUT2D eigenvalue weighted by molar-refractivity contribution is 5.84. The van der Waals surface area contributed by atoms with Crippen LogP contribution in [0.4, 0.5) is 0 Å². The summed E-state index contributed by atoms with van der Waals surface area (Å²) in [5.41, 5.74) is 0.234. The molecule has 3 atom stereocenters. The van der Waals surface area contributed by atoms with E-state index in [-0.39, 0.29) is 17.6 Å². The van der Waals surface area contributed by atoms with Gasteiger partial charge in [-0.25, -0.2) is 0 Å². The summed E-state index contributed by atoms with van der Waals surface area (Å²) in [5, 5.41) is 3.55. The highest BCUT2D eigenvalue weighted by Gasteiger charge is 2.41. The molecule has 1 heterocycles. The summed E-state index contributed by atoms with van der Waals surface area (Å²) < 4.78 is 0. The highest BCUT2D eigenvalue weighted by atomic mass is 16.2. The second kappa shape index (κ2) is 6.46. The van der Waals surface area contributed by atoms with Gasteiger partial charge in [0.05, 0.1) is 12.2 Å². The molecule has 0 spiro atoms. The molecule has 1 fully saturated rings. The first-order chi connectivity index (χ1) is 9.04. The Morgan fingerprint density at radius 2 is 1.70 bits per heavy atom. The molecule has 0 aromatic rings. The fraction of sp³-hybridized carbons (Fsp3) is 0.941. The summed E-state index contributed by atoms with van der Waals surface area (Å²) in [6, 6.07) is 0.00886. The molecular weight excluding hydrogens is 248 g/mol. The van der Waals surface area contributed by atoms with E-state index in [4.69, 9.17) is 0 Å². The predicted molar refractivity (Wildman–Crippen MR) is 85.3 cm³/mol. The van der Waals surface area contributed by atoms with Crippen LogP contribution in [0.25, 0.3) is 0 Å². The lowest BCUT2D eigenvalue weighted by molar-refractivity contribution is -0.131. The van der Waals surface area contributed by atoms with E-state index in [1.54, 1.807) is 0 Å². The first-order valence-corrected chi connectivity index (χ1v) is 8.10. The minimum Gasteiger partial charge on any atom is -0.325 e. The van der Waals surface area contributed by atoms with E-state index in [9.17, 15) is 4.79 Å². The van der Waals surface area contributed by atoms with Gasteiger partial charge in [-0.3, -0.25) is 10.1 Å². The summed E-state index contributed by atoms with van der Waals surface area (Å²) >= 11 is 0. The molecule has 0 bridgehead atoms. The molecule has 1 amide bonds. The quantitative estimate of drug-likeness (QED) is 0.837. The van der Waals surface area contributed by atoms with Gasteiger partial charge in [-0.1, -0.05) is 55.4 Å². The van der Waals surface area contributed by atoms with Gasteiger partial charge >= 0.3 is 0 Å². The lowest BCUT2D eigenvalue weighted by atomic mass is 9.81. The van der Waals surface area contributed by atoms with E-state index in [1.807, 2.05) is 0 Å². The summed E-state index contributed by atoms with van der Waals surface area (Å²) in [6.07, 6.45) is 1.12. The Balaban J connectivity index is 2.82. The molecule has 1 N–H and O–H groups in total. The molecule has 0 radical (unpaired) electrons. The number of nitrogens with one attached hydrogen (secondary N) is 1. The van der Waals surface area contributed by atoms with Crippen LogP contribution in [0, 0.1) is 23.2 Å². The normalized spacial score (nSPS) is 25.9. The van der Waals surface area contributed by atoms with Gasteiger partial charge in [0, 0.05) is 6.54 Å². The van der Waals surface area contributed by atoms with E-state index in [1.165, 1.54) is 0 Å². The molecule has 0 aromatic carbocycles. The zero-order valence-corrected chi connectivity index (χ0v) is 14.7. The fourth-order valence-electron chi connectivity index (χ4n) is 2.67. The molecule has 1 saturated heterocycles. The molecule has 1 aliphatic heterocycles. The van der Waals surface area contributed by atoms with E-state index in [2.05, 4.69) is 65.6 Å². The van der Waals surface area contributed by atoms with Gasteiger partial charge in [-0.15, -0.1) is 0 Å². The number of nitrogens with zero attached hydrogens (tertiary/aromatic N) is 1.